The van der Waals surface area contributed by atoms with E-state index in [0.29, 0.717) is 6.54 Å². The van der Waals surface area contributed by atoms with Gasteiger partial charge in [-0.1, -0.05) is 19.9 Å². The highest BCUT2D eigenvalue weighted by Crippen LogP contribution is 2.37. The third-order valence-corrected chi connectivity index (χ3v) is 4.56. The van der Waals surface area contributed by atoms with Gasteiger partial charge in [0.15, 0.2) is 0 Å². The van der Waals surface area contributed by atoms with E-state index in [1.165, 1.54) is 18.9 Å². The van der Waals surface area contributed by atoms with E-state index in [1.54, 1.807) is 12.1 Å². The summed E-state index contributed by atoms with van der Waals surface area (Å²) in [5.41, 5.74) is 6.77. The van der Waals surface area contributed by atoms with Crippen molar-refractivity contribution in [3.05, 3.63) is 30.1 Å². The van der Waals surface area contributed by atoms with Crippen LogP contribution in [0.25, 0.3) is 0 Å². The molecule has 1 aromatic rings. The number of hydrogen-bond acceptors (Lipinski definition) is 2. The lowest BCUT2D eigenvalue weighted by molar-refractivity contribution is 0.213. The number of benzene rings is 1. The zero-order chi connectivity index (χ0) is 13.9. The van der Waals surface area contributed by atoms with Crippen LogP contribution in [-0.2, 0) is 0 Å². The van der Waals surface area contributed by atoms with Crippen molar-refractivity contribution < 1.29 is 4.39 Å². The number of hydrogen-bond donors (Lipinski definition) is 2. The molecule has 2 rings (SSSR count). The van der Waals surface area contributed by atoms with E-state index < -0.39 is 0 Å². The predicted molar refractivity (Wildman–Crippen MR) is 78.6 cm³/mol. The van der Waals surface area contributed by atoms with Gasteiger partial charge in [0.25, 0.3) is 0 Å². The molecule has 1 saturated carbocycles. The van der Waals surface area contributed by atoms with Crippen LogP contribution in [0.1, 0.15) is 39.5 Å². The molecule has 0 saturated heterocycles. The second-order valence-electron chi connectivity index (χ2n) is 6.20. The molecule has 0 bridgehead atoms. The zero-order valence-electron chi connectivity index (χ0n) is 12.0. The molecular formula is C16H25FN2. The smallest absolute Gasteiger partial charge is 0.125 e. The van der Waals surface area contributed by atoms with E-state index in [1.807, 2.05) is 6.07 Å². The SMILES string of the molecule is CC(C)C1CCC(CN)(Nc2cccc(F)c2)CC1. The Balaban J connectivity index is 2.04. The molecule has 0 aliphatic heterocycles. The van der Waals surface area contributed by atoms with Crippen molar-refractivity contribution in [2.24, 2.45) is 17.6 Å². The minimum absolute atomic E-state index is 0.0564. The van der Waals surface area contributed by atoms with Gasteiger partial charge in [-0.15, -0.1) is 0 Å². The highest BCUT2D eigenvalue weighted by molar-refractivity contribution is 5.46. The Labute approximate surface area is 115 Å². The molecule has 0 amide bonds. The largest absolute Gasteiger partial charge is 0.378 e. The van der Waals surface area contributed by atoms with Crippen LogP contribution in [0, 0.1) is 17.7 Å². The fourth-order valence-electron chi connectivity index (χ4n) is 3.11. The Morgan fingerprint density at radius 3 is 2.58 bits per heavy atom. The van der Waals surface area contributed by atoms with E-state index in [4.69, 9.17) is 5.73 Å². The fourth-order valence-corrected chi connectivity index (χ4v) is 3.11. The average molecular weight is 264 g/mol. The molecule has 1 aliphatic rings. The monoisotopic (exact) mass is 264 g/mol. The highest BCUT2D eigenvalue weighted by atomic mass is 19.1. The van der Waals surface area contributed by atoms with Crippen molar-refractivity contribution >= 4 is 5.69 Å². The topological polar surface area (TPSA) is 38.0 Å². The molecule has 0 spiro atoms. The van der Waals surface area contributed by atoms with Crippen LogP contribution >= 0.6 is 0 Å². The molecule has 2 nitrogen and oxygen atoms in total. The predicted octanol–water partition coefficient (Wildman–Crippen LogP) is 3.78. The maximum atomic E-state index is 13.2. The molecule has 19 heavy (non-hydrogen) atoms. The number of nitrogens with one attached hydrogen (secondary N) is 1. The first kappa shape index (κ1) is 14.3. The van der Waals surface area contributed by atoms with E-state index >= 15 is 0 Å². The zero-order valence-corrected chi connectivity index (χ0v) is 12.0. The Bertz CT molecular complexity index is 409. The van der Waals surface area contributed by atoms with Gasteiger partial charge in [-0.3, -0.25) is 0 Å². The first-order valence-electron chi connectivity index (χ1n) is 7.28. The lowest BCUT2D eigenvalue weighted by Gasteiger charge is -2.42. The third-order valence-electron chi connectivity index (χ3n) is 4.56. The standard InChI is InChI=1S/C16H25FN2/c1-12(2)13-6-8-16(11-18,9-7-13)19-15-5-3-4-14(17)10-15/h3-5,10,12-13,19H,6-9,11,18H2,1-2H3. The summed E-state index contributed by atoms with van der Waals surface area (Å²) in [5.74, 6) is 1.34. The maximum Gasteiger partial charge on any atom is 0.125 e. The lowest BCUT2D eigenvalue weighted by atomic mass is 9.72. The van der Waals surface area contributed by atoms with Crippen molar-refractivity contribution in [1.29, 1.82) is 0 Å². The van der Waals surface area contributed by atoms with Crippen LogP contribution in [0.2, 0.25) is 0 Å². The molecule has 0 unspecified atom stereocenters. The van der Waals surface area contributed by atoms with Crippen molar-refractivity contribution in [3.63, 3.8) is 0 Å². The van der Waals surface area contributed by atoms with Crippen LogP contribution in [0.15, 0.2) is 24.3 Å². The van der Waals surface area contributed by atoms with E-state index in [2.05, 4.69) is 19.2 Å². The summed E-state index contributed by atoms with van der Waals surface area (Å²) in [6.07, 6.45) is 4.56. The summed E-state index contributed by atoms with van der Waals surface area (Å²) >= 11 is 0. The second kappa shape index (κ2) is 5.91. The molecule has 0 heterocycles. The van der Waals surface area contributed by atoms with Crippen LogP contribution in [0.3, 0.4) is 0 Å². The Morgan fingerprint density at radius 1 is 1.37 bits per heavy atom. The van der Waals surface area contributed by atoms with Gasteiger partial charge in [0.2, 0.25) is 0 Å². The first-order valence-corrected chi connectivity index (χ1v) is 7.28. The van der Waals surface area contributed by atoms with Crippen LogP contribution in [-0.4, -0.2) is 12.1 Å². The minimum atomic E-state index is -0.201. The van der Waals surface area contributed by atoms with Gasteiger partial charge in [0.1, 0.15) is 5.82 Å². The van der Waals surface area contributed by atoms with Gasteiger partial charge >= 0.3 is 0 Å². The van der Waals surface area contributed by atoms with Gasteiger partial charge in [-0.25, -0.2) is 4.39 Å². The lowest BCUT2D eigenvalue weighted by Crippen LogP contribution is -2.48. The maximum absolute atomic E-state index is 13.2. The van der Waals surface area contributed by atoms with Gasteiger partial charge in [-0.05, 0) is 55.7 Å². The van der Waals surface area contributed by atoms with Crippen LogP contribution in [0.4, 0.5) is 10.1 Å². The molecule has 0 aromatic heterocycles. The van der Waals surface area contributed by atoms with Crippen molar-refractivity contribution in [2.45, 2.75) is 45.1 Å². The van der Waals surface area contributed by atoms with Gasteiger partial charge in [0, 0.05) is 17.8 Å². The van der Waals surface area contributed by atoms with Gasteiger partial charge < -0.3 is 11.1 Å². The first-order chi connectivity index (χ1) is 9.04. The van der Waals surface area contributed by atoms with Crippen molar-refractivity contribution in [1.82, 2.24) is 0 Å². The highest BCUT2D eigenvalue weighted by Gasteiger charge is 2.34. The minimum Gasteiger partial charge on any atom is -0.378 e. The molecule has 3 N–H and O–H groups in total. The van der Waals surface area contributed by atoms with E-state index in [9.17, 15) is 4.39 Å². The summed E-state index contributed by atoms with van der Waals surface area (Å²) in [6, 6.07) is 6.67. The normalized spacial score (nSPS) is 27.5. The summed E-state index contributed by atoms with van der Waals surface area (Å²) in [7, 11) is 0. The Morgan fingerprint density at radius 2 is 2.05 bits per heavy atom. The molecule has 0 radical (unpaired) electrons. The second-order valence-corrected chi connectivity index (χ2v) is 6.20. The van der Waals surface area contributed by atoms with E-state index in [-0.39, 0.29) is 11.4 Å². The summed E-state index contributed by atoms with van der Waals surface area (Å²) in [4.78, 5) is 0. The molecule has 1 aliphatic carbocycles. The Kier molecular flexibility index (Phi) is 4.46. The fraction of sp³-hybridized carbons (Fsp3) is 0.625. The van der Waals surface area contributed by atoms with Crippen LogP contribution < -0.4 is 11.1 Å². The summed E-state index contributed by atoms with van der Waals surface area (Å²) in [6.45, 7) is 5.19. The number of halogens is 1. The molecular weight excluding hydrogens is 239 g/mol. The van der Waals surface area contributed by atoms with Crippen molar-refractivity contribution in [3.8, 4) is 0 Å². The molecule has 3 heteroatoms. The third kappa shape index (κ3) is 3.47. The molecule has 106 valence electrons. The Hall–Kier alpha value is -1.09. The molecule has 0 atom stereocenters. The molecule has 1 aromatic carbocycles. The van der Waals surface area contributed by atoms with Crippen LogP contribution in [0.5, 0.6) is 0 Å². The van der Waals surface area contributed by atoms with Gasteiger partial charge in [0.05, 0.1) is 0 Å². The number of nitrogens with two attached hydrogens (primary N) is 1. The quantitative estimate of drug-likeness (QED) is 0.868. The number of rotatable bonds is 4. The summed E-state index contributed by atoms with van der Waals surface area (Å²) in [5, 5.41) is 3.48. The van der Waals surface area contributed by atoms with Crippen molar-refractivity contribution in [2.75, 3.05) is 11.9 Å². The average Bonchev–Trinajstić information content (AvgIpc) is 2.39. The van der Waals surface area contributed by atoms with E-state index in [0.717, 1.165) is 30.4 Å². The number of anilines is 1. The molecule has 1 fully saturated rings. The van der Waals surface area contributed by atoms with Gasteiger partial charge in [-0.2, -0.15) is 0 Å². The summed E-state index contributed by atoms with van der Waals surface area (Å²) < 4.78 is 13.2.